The highest BCUT2D eigenvalue weighted by molar-refractivity contribution is 5.94. The van der Waals surface area contributed by atoms with Crippen LogP contribution in [0.1, 0.15) is 22.8 Å². The van der Waals surface area contributed by atoms with E-state index in [1.807, 2.05) is 30.3 Å². The molecule has 8 heteroatoms. The lowest BCUT2D eigenvalue weighted by atomic mass is 10.1. The lowest BCUT2D eigenvalue weighted by molar-refractivity contribution is -0.137. The third kappa shape index (κ3) is 4.54. The van der Waals surface area contributed by atoms with E-state index >= 15 is 0 Å². The summed E-state index contributed by atoms with van der Waals surface area (Å²) < 4.78 is 11.7. The molecule has 0 saturated heterocycles. The number of carbonyl (C=O) groups excluding carboxylic acids is 1. The van der Waals surface area contributed by atoms with Gasteiger partial charge in [0.2, 0.25) is 10.9 Å². The number of carboxylic acids is 1. The maximum absolute atomic E-state index is 12.9. The van der Waals surface area contributed by atoms with Gasteiger partial charge in [-0.1, -0.05) is 30.3 Å². The molecular formula is C22H19NO7. The van der Waals surface area contributed by atoms with Gasteiger partial charge < -0.3 is 19.1 Å². The fourth-order valence-corrected chi connectivity index (χ4v) is 2.94. The van der Waals surface area contributed by atoms with Crippen molar-refractivity contribution >= 4 is 22.8 Å². The van der Waals surface area contributed by atoms with Crippen LogP contribution < -0.4 is 15.6 Å². The molecule has 0 aliphatic rings. The van der Waals surface area contributed by atoms with Gasteiger partial charge in [-0.3, -0.25) is 14.4 Å². The molecule has 30 heavy (non-hydrogen) atoms. The molecule has 0 saturated carbocycles. The van der Waals surface area contributed by atoms with Crippen LogP contribution in [0.5, 0.6) is 5.75 Å². The lowest BCUT2D eigenvalue weighted by Gasteiger charge is -2.10. The number of pyridine rings is 1. The van der Waals surface area contributed by atoms with Crippen LogP contribution in [0, 0.1) is 0 Å². The largest absolute Gasteiger partial charge is 0.485 e. The van der Waals surface area contributed by atoms with Gasteiger partial charge in [0.15, 0.2) is 5.75 Å². The van der Waals surface area contributed by atoms with E-state index in [-0.39, 0.29) is 35.4 Å². The van der Waals surface area contributed by atoms with E-state index in [9.17, 15) is 24.3 Å². The summed E-state index contributed by atoms with van der Waals surface area (Å²) in [5.41, 5.74) is -0.477. The third-order valence-electron chi connectivity index (χ3n) is 4.31. The van der Waals surface area contributed by atoms with Gasteiger partial charge in [-0.2, -0.15) is 0 Å². The summed E-state index contributed by atoms with van der Waals surface area (Å²) in [6.45, 7) is 1.23. The highest BCUT2D eigenvalue weighted by atomic mass is 16.5. The number of hydrogen-bond donors (Lipinski definition) is 1. The Bertz CT molecular complexity index is 1220. The number of ether oxygens (including phenoxy) is 2. The van der Waals surface area contributed by atoms with Crippen molar-refractivity contribution in [1.82, 2.24) is 4.57 Å². The summed E-state index contributed by atoms with van der Waals surface area (Å²) >= 11 is 0. The molecule has 3 rings (SSSR count). The summed E-state index contributed by atoms with van der Waals surface area (Å²) in [6.07, 6.45) is 1.13. The monoisotopic (exact) mass is 409 g/mol. The second kappa shape index (κ2) is 9.04. The Labute approximate surface area is 170 Å². The van der Waals surface area contributed by atoms with Gasteiger partial charge in [0.05, 0.1) is 17.5 Å². The first kappa shape index (κ1) is 20.8. The van der Waals surface area contributed by atoms with E-state index in [0.717, 1.165) is 11.8 Å². The SMILES string of the molecule is CCOC(=O)c1cn(CC(=O)O)c2ccc(=O)c(OCc3ccccc3)cc2c1=O. The van der Waals surface area contributed by atoms with Crippen molar-refractivity contribution in [2.24, 2.45) is 0 Å². The van der Waals surface area contributed by atoms with Crippen LogP contribution in [-0.2, 0) is 22.7 Å². The Hall–Kier alpha value is -3.94. The molecule has 1 heterocycles. The molecule has 3 aromatic rings. The maximum Gasteiger partial charge on any atom is 0.343 e. The highest BCUT2D eigenvalue weighted by Crippen LogP contribution is 2.16. The minimum absolute atomic E-state index is 0.0213. The van der Waals surface area contributed by atoms with Crippen LogP contribution in [0.15, 0.2) is 64.3 Å². The van der Waals surface area contributed by atoms with E-state index in [1.54, 1.807) is 6.92 Å². The smallest absolute Gasteiger partial charge is 0.343 e. The molecule has 0 radical (unpaired) electrons. The van der Waals surface area contributed by atoms with Gasteiger partial charge in [0.25, 0.3) is 0 Å². The van der Waals surface area contributed by atoms with Crippen molar-refractivity contribution in [3.05, 3.63) is 86.3 Å². The van der Waals surface area contributed by atoms with Crippen molar-refractivity contribution in [3.8, 4) is 5.75 Å². The molecule has 1 N–H and O–H groups in total. The number of nitrogens with zero attached hydrogens (tertiary/aromatic N) is 1. The van der Waals surface area contributed by atoms with Gasteiger partial charge in [0, 0.05) is 6.20 Å². The number of aliphatic carboxylic acids is 1. The molecule has 0 atom stereocenters. The van der Waals surface area contributed by atoms with E-state index < -0.39 is 29.3 Å². The Balaban J connectivity index is 2.19. The molecule has 0 bridgehead atoms. The second-order valence-corrected chi connectivity index (χ2v) is 6.39. The van der Waals surface area contributed by atoms with Crippen molar-refractivity contribution in [2.45, 2.75) is 20.1 Å². The van der Waals surface area contributed by atoms with Crippen LogP contribution in [0.2, 0.25) is 0 Å². The van der Waals surface area contributed by atoms with Gasteiger partial charge in [-0.15, -0.1) is 0 Å². The fraction of sp³-hybridized carbons (Fsp3) is 0.182. The highest BCUT2D eigenvalue weighted by Gasteiger charge is 2.18. The first-order valence-electron chi connectivity index (χ1n) is 9.18. The molecule has 154 valence electrons. The first-order valence-corrected chi connectivity index (χ1v) is 9.18. The number of fused-ring (bicyclic) bond motifs is 1. The van der Waals surface area contributed by atoms with E-state index in [0.29, 0.717) is 0 Å². The Kier molecular flexibility index (Phi) is 6.26. The Morgan fingerprint density at radius 2 is 1.80 bits per heavy atom. The molecule has 0 aliphatic heterocycles. The van der Waals surface area contributed by atoms with Crippen molar-refractivity contribution < 1.29 is 24.2 Å². The third-order valence-corrected chi connectivity index (χ3v) is 4.31. The number of aromatic nitrogens is 1. The van der Waals surface area contributed by atoms with Crippen molar-refractivity contribution in [3.63, 3.8) is 0 Å². The van der Waals surface area contributed by atoms with Crippen LogP contribution in [0.3, 0.4) is 0 Å². The zero-order valence-electron chi connectivity index (χ0n) is 16.2. The van der Waals surface area contributed by atoms with Crippen LogP contribution in [0.4, 0.5) is 0 Å². The normalized spacial score (nSPS) is 10.6. The molecule has 0 spiro atoms. The number of rotatable bonds is 7. The summed E-state index contributed by atoms with van der Waals surface area (Å²) in [5.74, 6) is -2.14. The molecule has 8 nitrogen and oxygen atoms in total. The minimum atomic E-state index is -1.18. The standard InChI is InChI=1S/C22H19NO7/c1-2-29-22(28)16-11-23(12-20(25)26)17-8-9-18(24)19(10-15(17)21(16)27)30-13-14-6-4-3-5-7-14/h3-11H,2,12-13H2,1H3,(H,25,26). The quantitative estimate of drug-likeness (QED) is 0.596. The number of benzene rings is 1. The molecule has 2 aromatic carbocycles. The average Bonchev–Trinajstić information content (AvgIpc) is 2.88. The second-order valence-electron chi connectivity index (χ2n) is 6.39. The molecule has 0 unspecified atom stereocenters. The molecule has 0 amide bonds. The minimum Gasteiger partial charge on any atom is -0.485 e. The zero-order valence-corrected chi connectivity index (χ0v) is 16.2. The summed E-state index contributed by atoms with van der Waals surface area (Å²) in [6, 6.07) is 12.9. The number of hydrogen-bond acceptors (Lipinski definition) is 6. The topological polar surface area (TPSA) is 112 Å². The first-order chi connectivity index (χ1) is 14.4. The van der Waals surface area contributed by atoms with Crippen LogP contribution in [0.25, 0.3) is 10.9 Å². The van der Waals surface area contributed by atoms with Gasteiger partial charge >= 0.3 is 11.9 Å². The van der Waals surface area contributed by atoms with E-state index in [4.69, 9.17) is 9.47 Å². The zero-order chi connectivity index (χ0) is 21.7. The number of carbonyl (C=O) groups is 2. The van der Waals surface area contributed by atoms with E-state index in [2.05, 4.69) is 0 Å². The molecule has 0 aliphatic carbocycles. The van der Waals surface area contributed by atoms with E-state index in [1.165, 1.54) is 22.8 Å². The lowest BCUT2D eigenvalue weighted by Crippen LogP contribution is -2.22. The molecule has 0 fully saturated rings. The Morgan fingerprint density at radius 3 is 2.47 bits per heavy atom. The summed E-state index contributed by atoms with van der Waals surface area (Å²) in [5, 5.41) is 9.19. The van der Waals surface area contributed by atoms with Crippen LogP contribution >= 0.6 is 0 Å². The van der Waals surface area contributed by atoms with Crippen molar-refractivity contribution in [1.29, 1.82) is 0 Å². The average molecular weight is 409 g/mol. The summed E-state index contributed by atoms with van der Waals surface area (Å²) in [7, 11) is 0. The number of esters is 1. The van der Waals surface area contributed by atoms with Crippen molar-refractivity contribution in [2.75, 3.05) is 6.61 Å². The predicted molar refractivity (Wildman–Crippen MR) is 109 cm³/mol. The van der Waals surface area contributed by atoms with Gasteiger partial charge in [-0.25, -0.2) is 4.79 Å². The molecular weight excluding hydrogens is 390 g/mol. The maximum atomic E-state index is 12.9. The van der Waals surface area contributed by atoms with Crippen LogP contribution in [-0.4, -0.2) is 28.2 Å². The molecule has 1 aromatic heterocycles. The Morgan fingerprint density at radius 1 is 1.07 bits per heavy atom. The van der Waals surface area contributed by atoms with Gasteiger partial charge in [0.1, 0.15) is 18.7 Å². The predicted octanol–water partition coefficient (Wildman–Crippen LogP) is 2.20. The number of carboxylic acid groups (broad SMARTS) is 1. The summed E-state index contributed by atoms with van der Waals surface area (Å²) in [4.78, 5) is 48.9. The van der Waals surface area contributed by atoms with Gasteiger partial charge in [-0.05, 0) is 30.7 Å². The fourth-order valence-electron chi connectivity index (χ4n) is 2.94.